The van der Waals surface area contributed by atoms with E-state index >= 15 is 0 Å². The molecule has 1 heterocycles. The van der Waals surface area contributed by atoms with Crippen molar-refractivity contribution in [1.29, 1.82) is 0 Å². The molecule has 0 saturated carbocycles. The number of ether oxygens (including phenoxy) is 1. The van der Waals surface area contributed by atoms with E-state index in [0.717, 1.165) is 38.8 Å². The fourth-order valence-corrected chi connectivity index (χ4v) is 1.89. The normalized spacial score (nSPS) is 25.4. The lowest BCUT2D eigenvalue weighted by atomic mass is 10.0. The topological polar surface area (TPSA) is 50.4 Å². The summed E-state index contributed by atoms with van der Waals surface area (Å²) in [5.74, 6) is 0.104. The Bertz CT molecular complexity index is 209. The lowest BCUT2D eigenvalue weighted by Crippen LogP contribution is -2.43. The van der Waals surface area contributed by atoms with Crippen LogP contribution in [0.15, 0.2) is 0 Å². The van der Waals surface area contributed by atoms with E-state index in [9.17, 15) is 4.79 Å². The van der Waals surface area contributed by atoms with Gasteiger partial charge in [-0.1, -0.05) is 13.3 Å². The third-order valence-corrected chi connectivity index (χ3v) is 2.89. The minimum Gasteiger partial charge on any atom is -0.378 e. The molecule has 0 aromatic carbocycles. The number of hydrogen-bond acceptors (Lipinski definition) is 3. The predicted molar refractivity (Wildman–Crippen MR) is 64.4 cm³/mol. The largest absolute Gasteiger partial charge is 0.378 e. The van der Waals surface area contributed by atoms with Crippen molar-refractivity contribution in [2.75, 3.05) is 19.7 Å². The lowest BCUT2D eigenvalue weighted by molar-refractivity contribution is -0.120. The Morgan fingerprint density at radius 3 is 3.00 bits per heavy atom. The maximum absolute atomic E-state index is 11.4. The highest BCUT2D eigenvalue weighted by Gasteiger charge is 2.19. The highest BCUT2D eigenvalue weighted by molar-refractivity contribution is 5.77. The van der Waals surface area contributed by atoms with Gasteiger partial charge in [0.1, 0.15) is 0 Å². The third-order valence-electron chi connectivity index (χ3n) is 2.89. The quantitative estimate of drug-likeness (QED) is 0.668. The molecule has 2 N–H and O–H groups in total. The molecule has 0 aromatic heterocycles. The maximum Gasteiger partial charge on any atom is 0.233 e. The molecule has 2 unspecified atom stereocenters. The smallest absolute Gasteiger partial charge is 0.233 e. The molecule has 0 aliphatic carbocycles. The van der Waals surface area contributed by atoms with Gasteiger partial charge in [-0.15, -0.1) is 0 Å². The van der Waals surface area contributed by atoms with E-state index in [2.05, 4.69) is 24.5 Å². The summed E-state index contributed by atoms with van der Waals surface area (Å²) in [6.45, 7) is 6.22. The average molecular weight is 228 g/mol. The number of rotatable bonds is 6. The Balaban J connectivity index is 2.06. The molecule has 1 aliphatic rings. The van der Waals surface area contributed by atoms with E-state index < -0.39 is 0 Å². The van der Waals surface area contributed by atoms with Crippen molar-refractivity contribution in [2.45, 2.75) is 51.7 Å². The lowest BCUT2D eigenvalue weighted by Gasteiger charge is -2.27. The van der Waals surface area contributed by atoms with Gasteiger partial charge < -0.3 is 15.4 Å². The summed E-state index contributed by atoms with van der Waals surface area (Å²) >= 11 is 0. The minimum atomic E-state index is 0.104. The van der Waals surface area contributed by atoms with Gasteiger partial charge in [0.05, 0.1) is 12.6 Å². The first-order valence-corrected chi connectivity index (χ1v) is 6.34. The van der Waals surface area contributed by atoms with Gasteiger partial charge in [-0.3, -0.25) is 4.79 Å². The molecule has 0 aromatic rings. The van der Waals surface area contributed by atoms with E-state index in [1.165, 1.54) is 0 Å². The summed E-state index contributed by atoms with van der Waals surface area (Å²) in [6.07, 6.45) is 4.49. The SMILES string of the molecule is CCCCNC(=O)CNC1CCOC(C)C1. The first-order chi connectivity index (χ1) is 7.72. The molecule has 0 radical (unpaired) electrons. The second-order valence-corrected chi connectivity index (χ2v) is 4.49. The Hall–Kier alpha value is -0.610. The molecule has 4 nitrogen and oxygen atoms in total. The van der Waals surface area contributed by atoms with Crippen LogP contribution in [0.25, 0.3) is 0 Å². The molecule has 0 bridgehead atoms. The Kier molecular flexibility index (Phi) is 6.42. The van der Waals surface area contributed by atoms with Crippen LogP contribution in [0.5, 0.6) is 0 Å². The van der Waals surface area contributed by atoms with Crippen LogP contribution in [0, 0.1) is 0 Å². The van der Waals surface area contributed by atoms with Gasteiger partial charge >= 0.3 is 0 Å². The summed E-state index contributed by atoms with van der Waals surface area (Å²) < 4.78 is 5.45. The van der Waals surface area contributed by atoms with Gasteiger partial charge in [-0.05, 0) is 26.2 Å². The van der Waals surface area contributed by atoms with Gasteiger partial charge in [0.2, 0.25) is 5.91 Å². The summed E-state index contributed by atoms with van der Waals surface area (Å²) in [5, 5.41) is 6.19. The summed E-state index contributed by atoms with van der Waals surface area (Å²) in [6, 6.07) is 0.431. The van der Waals surface area contributed by atoms with Crippen LogP contribution in [-0.2, 0) is 9.53 Å². The number of carbonyl (C=O) groups is 1. The van der Waals surface area contributed by atoms with E-state index in [0.29, 0.717) is 18.7 Å². The highest BCUT2D eigenvalue weighted by atomic mass is 16.5. The number of nitrogens with one attached hydrogen (secondary N) is 2. The maximum atomic E-state index is 11.4. The van der Waals surface area contributed by atoms with Crippen LogP contribution in [-0.4, -0.2) is 37.7 Å². The first kappa shape index (κ1) is 13.5. The van der Waals surface area contributed by atoms with Crippen molar-refractivity contribution in [3.8, 4) is 0 Å². The number of unbranched alkanes of at least 4 members (excludes halogenated alkanes) is 1. The monoisotopic (exact) mass is 228 g/mol. The molecule has 1 amide bonds. The molecule has 1 aliphatic heterocycles. The van der Waals surface area contributed by atoms with Crippen LogP contribution >= 0.6 is 0 Å². The summed E-state index contributed by atoms with van der Waals surface area (Å²) in [4.78, 5) is 11.4. The summed E-state index contributed by atoms with van der Waals surface area (Å²) in [7, 11) is 0. The zero-order chi connectivity index (χ0) is 11.8. The summed E-state index contributed by atoms with van der Waals surface area (Å²) in [5.41, 5.74) is 0. The van der Waals surface area contributed by atoms with Crippen molar-refractivity contribution in [3.63, 3.8) is 0 Å². The van der Waals surface area contributed by atoms with Crippen molar-refractivity contribution in [1.82, 2.24) is 10.6 Å². The van der Waals surface area contributed by atoms with Gasteiger partial charge in [-0.25, -0.2) is 0 Å². The van der Waals surface area contributed by atoms with Crippen LogP contribution in [0.4, 0.5) is 0 Å². The standard InChI is InChI=1S/C12H24N2O2/c1-3-4-6-13-12(15)9-14-11-5-7-16-10(2)8-11/h10-11,14H,3-9H2,1-2H3,(H,13,15). The second kappa shape index (κ2) is 7.63. The average Bonchev–Trinajstić information content (AvgIpc) is 2.27. The molecule has 4 heteroatoms. The first-order valence-electron chi connectivity index (χ1n) is 6.34. The van der Waals surface area contributed by atoms with Crippen LogP contribution in [0.3, 0.4) is 0 Å². The zero-order valence-electron chi connectivity index (χ0n) is 10.4. The van der Waals surface area contributed by atoms with Crippen molar-refractivity contribution >= 4 is 5.91 Å². The number of amides is 1. The molecular weight excluding hydrogens is 204 g/mol. The third kappa shape index (κ3) is 5.47. The fourth-order valence-electron chi connectivity index (χ4n) is 1.89. The highest BCUT2D eigenvalue weighted by Crippen LogP contribution is 2.12. The Morgan fingerprint density at radius 1 is 1.50 bits per heavy atom. The van der Waals surface area contributed by atoms with Crippen LogP contribution < -0.4 is 10.6 Å². The predicted octanol–water partition coefficient (Wildman–Crippen LogP) is 1.06. The molecule has 0 spiro atoms. The molecular formula is C12H24N2O2. The molecule has 2 atom stereocenters. The van der Waals surface area contributed by atoms with Gasteiger partial charge in [0.25, 0.3) is 0 Å². The van der Waals surface area contributed by atoms with Gasteiger partial charge in [-0.2, -0.15) is 0 Å². The molecule has 16 heavy (non-hydrogen) atoms. The Labute approximate surface area is 98.1 Å². The van der Waals surface area contributed by atoms with E-state index in [4.69, 9.17) is 4.74 Å². The van der Waals surface area contributed by atoms with Crippen LogP contribution in [0.2, 0.25) is 0 Å². The number of carbonyl (C=O) groups excluding carboxylic acids is 1. The fraction of sp³-hybridized carbons (Fsp3) is 0.917. The molecule has 1 rings (SSSR count). The van der Waals surface area contributed by atoms with Crippen LogP contribution in [0.1, 0.15) is 39.5 Å². The Morgan fingerprint density at radius 2 is 2.31 bits per heavy atom. The van der Waals surface area contributed by atoms with E-state index in [-0.39, 0.29) is 5.91 Å². The molecule has 1 fully saturated rings. The zero-order valence-corrected chi connectivity index (χ0v) is 10.4. The van der Waals surface area contributed by atoms with E-state index in [1.807, 2.05) is 0 Å². The molecule has 1 saturated heterocycles. The van der Waals surface area contributed by atoms with Crippen molar-refractivity contribution in [2.24, 2.45) is 0 Å². The second-order valence-electron chi connectivity index (χ2n) is 4.49. The van der Waals surface area contributed by atoms with Gasteiger partial charge in [0, 0.05) is 19.2 Å². The van der Waals surface area contributed by atoms with E-state index in [1.54, 1.807) is 0 Å². The molecule has 94 valence electrons. The minimum absolute atomic E-state index is 0.104. The number of hydrogen-bond donors (Lipinski definition) is 2. The van der Waals surface area contributed by atoms with Gasteiger partial charge in [0.15, 0.2) is 0 Å². The van der Waals surface area contributed by atoms with Crippen molar-refractivity contribution < 1.29 is 9.53 Å². The van der Waals surface area contributed by atoms with Crippen molar-refractivity contribution in [3.05, 3.63) is 0 Å².